The summed E-state index contributed by atoms with van der Waals surface area (Å²) in [5, 5.41) is 4.49. The van der Waals surface area contributed by atoms with Crippen LogP contribution >= 0.6 is 11.3 Å². The molecule has 184 valence electrons. The van der Waals surface area contributed by atoms with Gasteiger partial charge in [-0.05, 0) is 85.7 Å². The topological polar surface area (TPSA) is 40.5 Å². The molecule has 2 aromatic heterocycles. The molecule has 2 amide bonds. The van der Waals surface area contributed by atoms with Gasteiger partial charge in [-0.2, -0.15) is 0 Å². The molecule has 0 bridgehead atoms. The fraction of sp³-hybridized carbons (Fsp3) is 0.300. The average molecular weight is 497 g/mol. The number of hydrogen-bond acceptors (Lipinski definition) is 3. The molecule has 6 heteroatoms. The number of aryl methyl sites for hydroxylation is 2. The van der Waals surface area contributed by atoms with Crippen molar-refractivity contribution in [1.82, 2.24) is 9.47 Å². The van der Waals surface area contributed by atoms with Crippen LogP contribution in [0.25, 0.3) is 5.00 Å². The van der Waals surface area contributed by atoms with Crippen molar-refractivity contribution in [3.05, 3.63) is 99.7 Å². The van der Waals surface area contributed by atoms with Gasteiger partial charge >= 0.3 is 6.03 Å². The van der Waals surface area contributed by atoms with E-state index in [0.717, 1.165) is 41.0 Å². The zero-order valence-corrected chi connectivity index (χ0v) is 21.9. The highest BCUT2D eigenvalue weighted by Crippen LogP contribution is 2.44. The van der Waals surface area contributed by atoms with Crippen molar-refractivity contribution >= 4 is 28.7 Å². The summed E-state index contributed by atoms with van der Waals surface area (Å²) in [5.74, 6) is 0. The number of carbonyl (C=O) groups excluding carboxylic acids is 1. The predicted molar refractivity (Wildman–Crippen MR) is 149 cm³/mol. The molecule has 4 aromatic rings. The molecule has 36 heavy (non-hydrogen) atoms. The van der Waals surface area contributed by atoms with Gasteiger partial charge in [-0.25, -0.2) is 4.79 Å². The molecule has 5 nitrogen and oxygen atoms in total. The Kier molecular flexibility index (Phi) is 5.84. The lowest BCUT2D eigenvalue weighted by molar-refractivity contribution is 0.194. The molecule has 1 N–H and O–H groups in total. The van der Waals surface area contributed by atoms with Crippen molar-refractivity contribution in [1.29, 1.82) is 0 Å². The van der Waals surface area contributed by atoms with E-state index in [9.17, 15) is 4.79 Å². The molecule has 0 spiro atoms. The fourth-order valence-electron chi connectivity index (χ4n) is 5.61. The van der Waals surface area contributed by atoms with E-state index < -0.39 is 0 Å². The largest absolute Gasteiger partial charge is 0.378 e. The number of benzene rings is 2. The first-order valence-electron chi connectivity index (χ1n) is 12.7. The number of anilines is 2. The van der Waals surface area contributed by atoms with E-state index in [1.165, 1.54) is 33.8 Å². The molecular formula is C30H32N4OS. The predicted octanol–water partition coefficient (Wildman–Crippen LogP) is 6.93. The smallest absolute Gasteiger partial charge is 0.322 e. The molecule has 1 atom stereocenters. The van der Waals surface area contributed by atoms with Gasteiger partial charge in [-0.15, -0.1) is 11.3 Å². The van der Waals surface area contributed by atoms with Crippen LogP contribution in [0.3, 0.4) is 0 Å². The summed E-state index contributed by atoms with van der Waals surface area (Å²) in [5.41, 5.74) is 8.13. The molecular weight excluding hydrogens is 464 g/mol. The van der Waals surface area contributed by atoms with Crippen LogP contribution in [-0.4, -0.2) is 29.6 Å². The van der Waals surface area contributed by atoms with Gasteiger partial charge in [-0.1, -0.05) is 24.3 Å². The van der Waals surface area contributed by atoms with Crippen molar-refractivity contribution in [2.75, 3.05) is 24.3 Å². The van der Waals surface area contributed by atoms with Crippen LogP contribution in [0.1, 0.15) is 51.7 Å². The van der Waals surface area contributed by atoms with Crippen molar-refractivity contribution < 1.29 is 4.79 Å². The molecule has 0 unspecified atom stereocenters. The van der Waals surface area contributed by atoms with E-state index in [0.29, 0.717) is 6.54 Å². The van der Waals surface area contributed by atoms with Gasteiger partial charge < -0.3 is 19.7 Å². The molecule has 3 heterocycles. The molecule has 0 saturated heterocycles. The van der Waals surface area contributed by atoms with Gasteiger partial charge in [0, 0.05) is 42.1 Å². The number of amides is 2. The number of aromatic nitrogens is 1. The fourth-order valence-corrected chi connectivity index (χ4v) is 7.01. The van der Waals surface area contributed by atoms with Crippen molar-refractivity contribution in [3.8, 4) is 5.00 Å². The molecule has 1 aliphatic heterocycles. The van der Waals surface area contributed by atoms with E-state index in [4.69, 9.17) is 0 Å². The van der Waals surface area contributed by atoms with Gasteiger partial charge in [0.15, 0.2) is 0 Å². The van der Waals surface area contributed by atoms with E-state index in [-0.39, 0.29) is 12.1 Å². The second kappa shape index (κ2) is 9.17. The van der Waals surface area contributed by atoms with E-state index >= 15 is 0 Å². The number of fused-ring (bicyclic) bond motifs is 5. The van der Waals surface area contributed by atoms with Crippen molar-refractivity contribution in [3.63, 3.8) is 0 Å². The number of carbonyl (C=O) groups is 1. The Morgan fingerprint density at radius 3 is 2.58 bits per heavy atom. The van der Waals surface area contributed by atoms with Crippen LogP contribution in [-0.2, 0) is 19.4 Å². The summed E-state index contributed by atoms with van der Waals surface area (Å²) < 4.78 is 2.34. The summed E-state index contributed by atoms with van der Waals surface area (Å²) in [4.78, 5) is 19.7. The standard InChI is InChI=1S/C30H32N4OS/c1-20-8-6-9-22(18-20)31-30(35)34-19-25-24-10-4-5-12-27(24)36-29(25)33-17-7-11-26(33)28(34)21-13-15-23(16-14-21)32(2)3/h6-9,11,13-18,28H,4-5,10,12,19H2,1-3H3,(H,31,35)/t28-/m1/s1. The maximum absolute atomic E-state index is 14.0. The summed E-state index contributed by atoms with van der Waals surface area (Å²) in [6, 6.07) is 20.7. The highest BCUT2D eigenvalue weighted by molar-refractivity contribution is 7.15. The van der Waals surface area contributed by atoms with Crippen LogP contribution in [0, 0.1) is 6.92 Å². The third-order valence-corrected chi connectivity index (χ3v) is 8.77. The molecule has 0 saturated carbocycles. The van der Waals surface area contributed by atoms with Gasteiger partial charge in [0.2, 0.25) is 0 Å². The number of urea groups is 1. The van der Waals surface area contributed by atoms with Crippen LogP contribution in [0.4, 0.5) is 16.2 Å². The van der Waals surface area contributed by atoms with E-state index in [2.05, 4.69) is 71.5 Å². The van der Waals surface area contributed by atoms with Gasteiger partial charge in [0.25, 0.3) is 0 Å². The van der Waals surface area contributed by atoms with Crippen LogP contribution in [0.5, 0.6) is 0 Å². The Balaban J connectivity index is 1.48. The van der Waals surface area contributed by atoms with Gasteiger partial charge in [0.05, 0.1) is 18.3 Å². The third kappa shape index (κ3) is 3.99. The SMILES string of the molecule is Cc1cccc(NC(=O)N2Cc3c(sc4c3CCCC4)-n3cccc3[C@H]2c2ccc(N(C)C)cc2)c1. The Labute approximate surface area is 217 Å². The van der Waals surface area contributed by atoms with E-state index in [1.807, 2.05) is 47.4 Å². The van der Waals surface area contributed by atoms with Crippen LogP contribution < -0.4 is 10.2 Å². The number of nitrogens with one attached hydrogen (secondary N) is 1. The average Bonchev–Trinajstić information content (AvgIpc) is 3.46. The zero-order valence-electron chi connectivity index (χ0n) is 21.1. The minimum Gasteiger partial charge on any atom is -0.378 e. The number of hydrogen-bond donors (Lipinski definition) is 1. The summed E-state index contributed by atoms with van der Waals surface area (Å²) in [7, 11) is 4.10. The first-order valence-corrected chi connectivity index (χ1v) is 13.5. The van der Waals surface area contributed by atoms with Crippen molar-refractivity contribution in [2.24, 2.45) is 0 Å². The van der Waals surface area contributed by atoms with Gasteiger partial charge in [-0.3, -0.25) is 0 Å². The second-order valence-electron chi connectivity index (χ2n) is 10.1. The lowest BCUT2D eigenvalue weighted by atomic mass is 9.95. The molecule has 0 fully saturated rings. The molecule has 6 rings (SSSR count). The zero-order chi connectivity index (χ0) is 24.8. The Bertz CT molecular complexity index is 1420. The monoisotopic (exact) mass is 496 g/mol. The minimum atomic E-state index is -0.195. The second-order valence-corrected chi connectivity index (χ2v) is 11.2. The maximum atomic E-state index is 14.0. The number of nitrogens with zero attached hydrogens (tertiary/aromatic N) is 3. The normalized spacial score (nSPS) is 16.5. The highest BCUT2D eigenvalue weighted by Gasteiger charge is 2.36. The van der Waals surface area contributed by atoms with Gasteiger partial charge in [0.1, 0.15) is 5.00 Å². The molecule has 1 aliphatic carbocycles. The highest BCUT2D eigenvalue weighted by atomic mass is 32.1. The molecule has 2 aromatic carbocycles. The molecule has 0 radical (unpaired) electrons. The maximum Gasteiger partial charge on any atom is 0.322 e. The minimum absolute atomic E-state index is 0.0707. The first-order chi connectivity index (χ1) is 17.5. The summed E-state index contributed by atoms with van der Waals surface area (Å²) in [6.07, 6.45) is 6.89. The van der Waals surface area contributed by atoms with Crippen molar-refractivity contribution in [2.45, 2.75) is 45.2 Å². The summed E-state index contributed by atoms with van der Waals surface area (Å²) >= 11 is 1.92. The van der Waals surface area contributed by atoms with E-state index in [1.54, 1.807) is 0 Å². The third-order valence-electron chi connectivity index (χ3n) is 7.43. The number of rotatable bonds is 3. The first kappa shape index (κ1) is 22.9. The Morgan fingerprint density at radius 1 is 1.00 bits per heavy atom. The Hall–Kier alpha value is -3.51. The summed E-state index contributed by atoms with van der Waals surface area (Å²) in [6.45, 7) is 2.65. The lowest BCUT2D eigenvalue weighted by Gasteiger charge is -2.31. The molecule has 2 aliphatic rings. The van der Waals surface area contributed by atoms with Crippen LogP contribution in [0.2, 0.25) is 0 Å². The number of thiophene rings is 1. The quantitative estimate of drug-likeness (QED) is 0.334. The lowest BCUT2D eigenvalue weighted by Crippen LogP contribution is -2.38. The Morgan fingerprint density at radius 2 is 1.81 bits per heavy atom. The van der Waals surface area contributed by atoms with Crippen LogP contribution in [0.15, 0.2) is 66.9 Å².